The molecule has 2 aliphatic carbocycles. The Kier molecular flexibility index (Phi) is 8.25. The van der Waals surface area contributed by atoms with E-state index in [0.29, 0.717) is 0 Å². The number of hydrogen-bond donors (Lipinski definition) is 0. The van der Waals surface area contributed by atoms with Gasteiger partial charge in [0.1, 0.15) is 0 Å². The van der Waals surface area contributed by atoms with Gasteiger partial charge in [0.25, 0.3) is 0 Å². The molecule has 3 aliphatic rings. The smallest absolute Gasteiger partial charge is 0.0612 e. The molecule has 1 heteroatoms. The van der Waals surface area contributed by atoms with Crippen LogP contribution in [0.15, 0.2) is 171 Å². The van der Waals surface area contributed by atoms with Gasteiger partial charge in [0.2, 0.25) is 0 Å². The lowest BCUT2D eigenvalue weighted by molar-refractivity contribution is 0.959. The summed E-state index contributed by atoms with van der Waals surface area (Å²) < 4.78 is 0. The van der Waals surface area contributed by atoms with Crippen LogP contribution in [0, 0.1) is 0 Å². The third-order valence-electron chi connectivity index (χ3n) is 10.7. The first-order valence-corrected chi connectivity index (χ1v) is 18.6. The highest BCUT2D eigenvalue weighted by Crippen LogP contribution is 2.55. The van der Waals surface area contributed by atoms with Crippen molar-refractivity contribution < 1.29 is 0 Å². The largest absolute Gasteiger partial charge is 0.316 e. The molecule has 0 radical (unpaired) electrons. The van der Waals surface area contributed by atoms with Gasteiger partial charge >= 0.3 is 0 Å². The van der Waals surface area contributed by atoms with Gasteiger partial charge in [-0.25, -0.2) is 0 Å². The molecule has 6 aromatic rings. The molecule has 0 unspecified atom stereocenters. The lowest BCUT2D eigenvalue weighted by atomic mass is 9.84. The number of anilines is 2. The van der Waals surface area contributed by atoms with Crippen LogP contribution in [0.1, 0.15) is 54.0 Å². The molecular formula is C51H41N. The number of aryl methyl sites for hydroxylation is 1. The van der Waals surface area contributed by atoms with Crippen LogP contribution in [0.3, 0.4) is 0 Å². The van der Waals surface area contributed by atoms with Gasteiger partial charge in [0.05, 0.1) is 5.69 Å². The highest BCUT2D eigenvalue weighted by atomic mass is 15.1. The van der Waals surface area contributed by atoms with Gasteiger partial charge in [-0.15, -0.1) is 0 Å². The van der Waals surface area contributed by atoms with Crippen molar-refractivity contribution in [2.24, 2.45) is 0 Å². The van der Waals surface area contributed by atoms with Crippen molar-refractivity contribution in [3.05, 3.63) is 198 Å². The van der Waals surface area contributed by atoms with Crippen LogP contribution in [-0.4, -0.2) is 0 Å². The summed E-state index contributed by atoms with van der Waals surface area (Å²) in [6, 6.07) is 42.5. The zero-order chi connectivity index (χ0) is 35.0. The van der Waals surface area contributed by atoms with E-state index in [0.717, 1.165) is 48.2 Å². The first kappa shape index (κ1) is 31.8. The van der Waals surface area contributed by atoms with Crippen molar-refractivity contribution in [2.75, 3.05) is 4.90 Å². The molecule has 0 atom stereocenters. The maximum atomic E-state index is 4.47. The summed E-state index contributed by atoms with van der Waals surface area (Å²) in [5.41, 5.74) is 18.9. The van der Waals surface area contributed by atoms with Gasteiger partial charge in [-0.05, 0) is 116 Å². The molecule has 0 amide bonds. The standard InChI is InChI=1S/C51H41N/c1-3-4-5-6-10-27-43-46(34-47(36-19-8-7-9-20-36)50-45-29-17-23-38-22-16-28-44(48(38)45)49(43)50)39-24-15-25-40(33-39)52-32-14-13-18-35(2)41-31-30-37-21-11-12-26-42(37)51(41)52/h5-15,17-21,23-34H,2-4,16,22H2,1H3/b6-5-,18-13-,27-10?,32-14-. The second kappa shape index (κ2) is 13.5. The Morgan fingerprint density at radius 3 is 2.44 bits per heavy atom. The Bertz CT molecular complexity index is 2540. The van der Waals surface area contributed by atoms with E-state index in [4.69, 9.17) is 0 Å². The fourth-order valence-corrected chi connectivity index (χ4v) is 8.33. The van der Waals surface area contributed by atoms with Gasteiger partial charge in [-0.3, -0.25) is 0 Å². The molecule has 250 valence electrons. The molecule has 6 aromatic carbocycles. The molecular weight excluding hydrogens is 627 g/mol. The molecule has 9 rings (SSSR count). The summed E-state index contributed by atoms with van der Waals surface area (Å²) in [5, 5.41) is 2.42. The molecule has 0 N–H and O–H groups in total. The minimum Gasteiger partial charge on any atom is -0.316 e. The molecule has 1 nitrogen and oxygen atoms in total. The number of fused-ring (bicyclic) bond motifs is 6. The lowest BCUT2D eigenvalue weighted by Crippen LogP contribution is -2.12. The minimum atomic E-state index is 1.00. The van der Waals surface area contributed by atoms with Crippen LogP contribution in [-0.2, 0) is 6.42 Å². The van der Waals surface area contributed by atoms with Crippen molar-refractivity contribution in [1.29, 1.82) is 0 Å². The van der Waals surface area contributed by atoms with E-state index in [-0.39, 0.29) is 0 Å². The van der Waals surface area contributed by atoms with Gasteiger partial charge in [-0.2, -0.15) is 0 Å². The normalized spacial score (nSPS) is 15.7. The second-order valence-corrected chi connectivity index (χ2v) is 13.9. The van der Waals surface area contributed by atoms with E-state index >= 15 is 0 Å². The summed E-state index contributed by atoms with van der Waals surface area (Å²) in [4.78, 5) is 2.34. The van der Waals surface area contributed by atoms with Gasteiger partial charge in [0.15, 0.2) is 0 Å². The zero-order valence-corrected chi connectivity index (χ0v) is 29.6. The van der Waals surface area contributed by atoms with Gasteiger partial charge in [-0.1, -0.05) is 160 Å². The highest BCUT2D eigenvalue weighted by Gasteiger charge is 2.33. The Morgan fingerprint density at radius 2 is 1.54 bits per heavy atom. The molecule has 0 bridgehead atoms. The molecule has 52 heavy (non-hydrogen) atoms. The average Bonchev–Trinajstić information content (AvgIpc) is 3.53. The number of rotatable bonds is 7. The van der Waals surface area contributed by atoms with Crippen LogP contribution in [0.25, 0.3) is 61.4 Å². The predicted molar refractivity (Wildman–Crippen MR) is 225 cm³/mol. The molecule has 0 fully saturated rings. The minimum absolute atomic E-state index is 1.00. The Morgan fingerprint density at radius 1 is 0.692 bits per heavy atom. The number of allylic oxidation sites excluding steroid dienone is 8. The SMILES string of the molecule is C=C1/C=C\C=C/N(c2cccc(-c3cc(-c4ccccc4)c4c(c3C=C/C=C\CCC)C3=CCCc5cccc-4c53)c2)c2c1ccc1ccccc21. The maximum absolute atomic E-state index is 4.47. The highest BCUT2D eigenvalue weighted by molar-refractivity contribution is 6.12. The monoisotopic (exact) mass is 667 g/mol. The van der Waals surface area contributed by atoms with Crippen LogP contribution in [0.5, 0.6) is 0 Å². The Hall–Kier alpha value is -6.18. The summed E-state index contributed by atoms with van der Waals surface area (Å²) >= 11 is 0. The van der Waals surface area contributed by atoms with Crippen molar-refractivity contribution >= 4 is 39.4 Å². The van der Waals surface area contributed by atoms with E-state index in [1.165, 1.54) is 72.0 Å². The van der Waals surface area contributed by atoms with Crippen molar-refractivity contribution in [1.82, 2.24) is 0 Å². The molecule has 0 saturated heterocycles. The molecule has 0 spiro atoms. The van der Waals surface area contributed by atoms with Crippen LogP contribution in [0.2, 0.25) is 0 Å². The quantitative estimate of drug-likeness (QED) is 0.153. The number of unbranched alkanes of at least 4 members (excludes halogenated alkanes) is 1. The fraction of sp³-hybridized carbons (Fsp3) is 0.0980. The number of nitrogens with zero attached hydrogens (tertiary/aromatic N) is 1. The molecule has 0 saturated carbocycles. The van der Waals surface area contributed by atoms with E-state index in [9.17, 15) is 0 Å². The van der Waals surface area contributed by atoms with Gasteiger partial charge in [0, 0.05) is 22.8 Å². The molecule has 1 heterocycles. The van der Waals surface area contributed by atoms with Crippen LogP contribution >= 0.6 is 0 Å². The first-order chi connectivity index (χ1) is 25.7. The van der Waals surface area contributed by atoms with E-state index < -0.39 is 0 Å². The Balaban J connectivity index is 1.31. The van der Waals surface area contributed by atoms with Crippen molar-refractivity contribution in [3.63, 3.8) is 0 Å². The summed E-state index contributed by atoms with van der Waals surface area (Å²) in [6.45, 7) is 6.69. The van der Waals surface area contributed by atoms with E-state index in [1.54, 1.807) is 0 Å². The second-order valence-electron chi connectivity index (χ2n) is 13.9. The summed E-state index contributed by atoms with van der Waals surface area (Å²) in [6.07, 6.45) is 24.4. The lowest BCUT2D eigenvalue weighted by Gasteiger charge is -2.27. The molecule has 0 aromatic heterocycles. The number of hydrogen-bond acceptors (Lipinski definition) is 1. The average molecular weight is 668 g/mol. The fourth-order valence-electron chi connectivity index (χ4n) is 8.33. The van der Waals surface area contributed by atoms with Crippen LogP contribution < -0.4 is 4.90 Å². The van der Waals surface area contributed by atoms with Crippen LogP contribution in [0.4, 0.5) is 11.4 Å². The zero-order valence-electron chi connectivity index (χ0n) is 29.6. The third-order valence-corrected chi connectivity index (χ3v) is 10.7. The number of benzene rings is 6. The van der Waals surface area contributed by atoms with E-state index in [1.807, 2.05) is 0 Å². The van der Waals surface area contributed by atoms with E-state index in [2.05, 4.69) is 188 Å². The topological polar surface area (TPSA) is 3.24 Å². The first-order valence-electron chi connectivity index (χ1n) is 18.6. The van der Waals surface area contributed by atoms with Crippen molar-refractivity contribution in [3.8, 4) is 33.4 Å². The summed E-state index contributed by atoms with van der Waals surface area (Å²) in [5.74, 6) is 0. The predicted octanol–water partition coefficient (Wildman–Crippen LogP) is 14.1. The Labute approximate surface area is 307 Å². The van der Waals surface area contributed by atoms with Crippen molar-refractivity contribution in [2.45, 2.75) is 32.6 Å². The summed E-state index contributed by atoms with van der Waals surface area (Å²) in [7, 11) is 0. The third kappa shape index (κ3) is 5.41. The maximum Gasteiger partial charge on any atom is 0.0612 e. The molecule has 1 aliphatic heterocycles. The van der Waals surface area contributed by atoms with Gasteiger partial charge < -0.3 is 4.90 Å².